The first-order chi connectivity index (χ1) is 10.3. The van der Waals surface area contributed by atoms with Gasteiger partial charge in [-0.25, -0.2) is 0 Å². The van der Waals surface area contributed by atoms with Crippen molar-refractivity contribution in [2.45, 2.75) is 58.1 Å². The van der Waals surface area contributed by atoms with E-state index in [0.29, 0.717) is 12.1 Å². The van der Waals surface area contributed by atoms with Gasteiger partial charge in [-0.2, -0.15) is 0 Å². The van der Waals surface area contributed by atoms with E-state index in [0.717, 1.165) is 36.5 Å². The first-order valence-electron chi connectivity index (χ1n) is 8.80. The van der Waals surface area contributed by atoms with Gasteiger partial charge in [0.1, 0.15) is 11.9 Å². The predicted molar refractivity (Wildman–Crippen MR) is 85.6 cm³/mol. The molecule has 0 aromatic heterocycles. The number of ether oxygens (including phenoxy) is 1. The molecule has 2 saturated carbocycles. The van der Waals surface area contributed by atoms with Crippen molar-refractivity contribution >= 4 is 0 Å². The number of hydrogen-bond acceptors (Lipinski definition) is 2. The summed E-state index contributed by atoms with van der Waals surface area (Å²) in [6.45, 7) is 5.55. The molecule has 1 N–H and O–H groups in total. The molecule has 1 aromatic rings. The molecule has 0 bridgehead atoms. The van der Waals surface area contributed by atoms with Crippen LogP contribution in [-0.4, -0.2) is 12.6 Å². The van der Waals surface area contributed by atoms with Crippen LogP contribution in [0.4, 0.5) is 0 Å². The molecule has 0 amide bonds. The Labute approximate surface area is 128 Å². The van der Waals surface area contributed by atoms with Gasteiger partial charge >= 0.3 is 0 Å². The molecule has 0 spiro atoms. The lowest BCUT2D eigenvalue weighted by Gasteiger charge is -2.21. The van der Waals surface area contributed by atoms with E-state index in [1.54, 1.807) is 0 Å². The van der Waals surface area contributed by atoms with E-state index in [1.807, 2.05) is 0 Å². The first kappa shape index (κ1) is 13.6. The first-order valence-corrected chi connectivity index (χ1v) is 8.80. The van der Waals surface area contributed by atoms with Crippen molar-refractivity contribution in [1.82, 2.24) is 5.32 Å². The van der Waals surface area contributed by atoms with Crippen molar-refractivity contribution in [3.63, 3.8) is 0 Å². The average Bonchev–Trinajstić information content (AvgIpc) is 2.85. The van der Waals surface area contributed by atoms with Crippen LogP contribution < -0.4 is 10.1 Å². The molecule has 0 saturated heterocycles. The highest BCUT2D eigenvalue weighted by molar-refractivity contribution is 5.42. The van der Waals surface area contributed by atoms with Gasteiger partial charge in [0.05, 0.1) is 0 Å². The molecule has 4 rings (SSSR count). The van der Waals surface area contributed by atoms with E-state index in [4.69, 9.17) is 4.74 Å². The fraction of sp³-hybridized carbons (Fsp3) is 0.684. The summed E-state index contributed by atoms with van der Waals surface area (Å²) in [4.78, 5) is 0. The SMILES string of the molecule is CCCNC(c1ccc2c(c1)CC(C)O2)C1C2CCCC21. The van der Waals surface area contributed by atoms with Gasteiger partial charge in [0.15, 0.2) is 0 Å². The minimum absolute atomic E-state index is 0.345. The summed E-state index contributed by atoms with van der Waals surface area (Å²) in [7, 11) is 0. The topological polar surface area (TPSA) is 21.3 Å². The minimum Gasteiger partial charge on any atom is -0.490 e. The Kier molecular flexibility index (Phi) is 3.45. The van der Waals surface area contributed by atoms with Crippen LogP contribution in [0.5, 0.6) is 5.75 Å². The quantitative estimate of drug-likeness (QED) is 0.879. The molecule has 0 radical (unpaired) electrons. The molecule has 4 unspecified atom stereocenters. The van der Waals surface area contributed by atoms with Crippen molar-refractivity contribution in [2.75, 3.05) is 6.54 Å². The van der Waals surface area contributed by atoms with Crippen molar-refractivity contribution < 1.29 is 4.74 Å². The summed E-state index contributed by atoms with van der Waals surface area (Å²) < 4.78 is 5.85. The van der Waals surface area contributed by atoms with Gasteiger partial charge in [0, 0.05) is 12.5 Å². The molecule has 21 heavy (non-hydrogen) atoms. The highest BCUT2D eigenvalue weighted by Crippen LogP contribution is 2.62. The van der Waals surface area contributed by atoms with Gasteiger partial charge in [-0.05, 0) is 67.7 Å². The van der Waals surface area contributed by atoms with Crippen molar-refractivity contribution in [2.24, 2.45) is 17.8 Å². The average molecular weight is 285 g/mol. The molecule has 2 nitrogen and oxygen atoms in total. The maximum atomic E-state index is 5.85. The van der Waals surface area contributed by atoms with Crippen molar-refractivity contribution in [1.29, 1.82) is 0 Å². The Balaban J connectivity index is 1.57. The van der Waals surface area contributed by atoms with Gasteiger partial charge in [-0.1, -0.05) is 25.5 Å². The Bertz CT molecular complexity index is 516. The molecule has 1 aromatic carbocycles. The smallest absolute Gasteiger partial charge is 0.123 e. The zero-order valence-electron chi connectivity index (χ0n) is 13.3. The third-order valence-electron chi connectivity index (χ3n) is 5.75. The lowest BCUT2D eigenvalue weighted by atomic mass is 9.94. The van der Waals surface area contributed by atoms with Gasteiger partial charge < -0.3 is 10.1 Å². The third kappa shape index (κ3) is 2.38. The van der Waals surface area contributed by atoms with Crippen LogP contribution in [0, 0.1) is 17.8 Å². The third-order valence-corrected chi connectivity index (χ3v) is 5.75. The monoisotopic (exact) mass is 285 g/mol. The molecular formula is C19H27NO. The van der Waals surface area contributed by atoms with Gasteiger partial charge in [-0.15, -0.1) is 0 Å². The van der Waals surface area contributed by atoms with Crippen LogP contribution in [0.2, 0.25) is 0 Å². The molecule has 4 atom stereocenters. The van der Waals surface area contributed by atoms with Gasteiger partial charge in [0.25, 0.3) is 0 Å². The second-order valence-electron chi connectivity index (χ2n) is 7.27. The van der Waals surface area contributed by atoms with Crippen LogP contribution in [0.15, 0.2) is 18.2 Å². The highest BCUT2D eigenvalue weighted by atomic mass is 16.5. The number of benzene rings is 1. The summed E-state index contributed by atoms with van der Waals surface area (Å²) in [6.07, 6.45) is 7.01. The molecular weight excluding hydrogens is 258 g/mol. The second-order valence-corrected chi connectivity index (χ2v) is 7.27. The fourth-order valence-corrected chi connectivity index (χ4v) is 4.78. The lowest BCUT2D eigenvalue weighted by Crippen LogP contribution is -2.25. The number of fused-ring (bicyclic) bond motifs is 2. The van der Waals surface area contributed by atoms with Crippen LogP contribution in [0.1, 0.15) is 56.7 Å². The van der Waals surface area contributed by atoms with E-state index in [1.165, 1.54) is 36.8 Å². The zero-order valence-corrected chi connectivity index (χ0v) is 13.3. The minimum atomic E-state index is 0.345. The van der Waals surface area contributed by atoms with E-state index >= 15 is 0 Å². The van der Waals surface area contributed by atoms with Crippen molar-refractivity contribution in [3.05, 3.63) is 29.3 Å². The van der Waals surface area contributed by atoms with Crippen molar-refractivity contribution in [3.8, 4) is 5.75 Å². The maximum Gasteiger partial charge on any atom is 0.123 e. The summed E-state index contributed by atoms with van der Waals surface area (Å²) in [6, 6.07) is 7.49. The molecule has 1 heterocycles. The predicted octanol–water partition coefficient (Wildman–Crippen LogP) is 4.10. The fourth-order valence-electron chi connectivity index (χ4n) is 4.78. The summed E-state index contributed by atoms with van der Waals surface area (Å²) in [5.41, 5.74) is 2.91. The van der Waals surface area contributed by atoms with Gasteiger partial charge in [0.2, 0.25) is 0 Å². The van der Waals surface area contributed by atoms with Crippen LogP contribution in [0.3, 0.4) is 0 Å². The molecule has 2 aliphatic carbocycles. The van der Waals surface area contributed by atoms with Gasteiger partial charge in [-0.3, -0.25) is 0 Å². The van der Waals surface area contributed by atoms with E-state index in [-0.39, 0.29) is 0 Å². The number of hydrogen-bond donors (Lipinski definition) is 1. The normalized spacial score (nSPS) is 34.2. The summed E-state index contributed by atoms with van der Waals surface area (Å²) >= 11 is 0. The summed E-state index contributed by atoms with van der Waals surface area (Å²) in [5.74, 6) is 4.00. The van der Waals surface area contributed by atoms with E-state index in [2.05, 4.69) is 37.4 Å². The Morgan fingerprint density at radius 2 is 2.10 bits per heavy atom. The van der Waals surface area contributed by atoms with Crippen LogP contribution >= 0.6 is 0 Å². The standard InChI is InChI=1S/C19H27NO/c1-3-9-20-19(18-15-5-4-6-16(15)18)13-7-8-17-14(11-13)10-12(2)21-17/h7-8,11-12,15-16,18-20H,3-6,9-10H2,1-2H3. The van der Waals surface area contributed by atoms with E-state index < -0.39 is 0 Å². The maximum absolute atomic E-state index is 5.85. The Morgan fingerprint density at radius 1 is 1.29 bits per heavy atom. The molecule has 3 aliphatic rings. The van der Waals surface area contributed by atoms with E-state index in [9.17, 15) is 0 Å². The largest absolute Gasteiger partial charge is 0.490 e. The Hall–Kier alpha value is -1.02. The zero-order chi connectivity index (χ0) is 14.4. The second kappa shape index (κ2) is 5.31. The summed E-state index contributed by atoms with van der Waals surface area (Å²) in [5, 5.41) is 3.84. The Morgan fingerprint density at radius 3 is 2.86 bits per heavy atom. The number of rotatable bonds is 5. The molecule has 2 heteroatoms. The van der Waals surface area contributed by atoms with Crippen LogP contribution in [0.25, 0.3) is 0 Å². The molecule has 2 fully saturated rings. The molecule has 1 aliphatic heterocycles. The van der Waals surface area contributed by atoms with Crippen LogP contribution in [-0.2, 0) is 6.42 Å². The number of nitrogens with one attached hydrogen (secondary N) is 1. The lowest BCUT2D eigenvalue weighted by molar-refractivity contribution is 0.254. The molecule has 114 valence electrons. The highest BCUT2D eigenvalue weighted by Gasteiger charge is 2.55.